The number of nitriles is 1. The number of piperazine rings is 1. The van der Waals surface area contributed by atoms with Gasteiger partial charge in [0.1, 0.15) is 5.41 Å². The number of likely N-dealkylation sites (N-methyl/N-ethyl adjacent to an activating group) is 1. The first-order chi connectivity index (χ1) is 13.2. The van der Waals surface area contributed by atoms with Crippen LogP contribution in [0.15, 0.2) is 53.4 Å². The number of benzene rings is 2. The van der Waals surface area contributed by atoms with E-state index in [4.69, 9.17) is 0 Å². The van der Waals surface area contributed by atoms with Gasteiger partial charge in [0.05, 0.1) is 6.07 Å². The summed E-state index contributed by atoms with van der Waals surface area (Å²) in [5.74, 6) is 0.940. The molecule has 0 bridgehead atoms. The van der Waals surface area contributed by atoms with Crippen LogP contribution >= 0.6 is 11.8 Å². The Bertz CT molecular complexity index is 786. The Morgan fingerprint density at radius 3 is 2.48 bits per heavy atom. The van der Waals surface area contributed by atoms with Gasteiger partial charge in [0.25, 0.3) is 0 Å². The zero-order valence-corrected chi connectivity index (χ0v) is 16.8. The van der Waals surface area contributed by atoms with E-state index in [2.05, 4.69) is 71.4 Å². The van der Waals surface area contributed by atoms with Gasteiger partial charge in [-0.1, -0.05) is 42.5 Å². The summed E-state index contributed by atoms with van der Waals surface area (Å²) in [6.07, 6.45) is 1.93. The Hall–Kier alpha value is -1.80. The van der Waals surface area contributed by atoms with Gasteiger partial charge in [0, 0.05) is 36.8 Å². The zero-order valence-electron chi connectivity index (χ0n) is 16.0. The molecular formula is C23H27N3S. The molecule has 2 heterocycles. The van der Waals surface area contributed by atoms with E-state index < -0.39 is 5.41 Å². The van der Waals surface area contributed by atoms with Crippen LogP contribution in [0.5, 0.6) is 0 Å². The molecule has 0 saturated carbocycles. The maximum atomic E-state index is 10.5. The van der Waals surface area contributed by atoms with Gasteiger partial charge in [-0.05, 0) is 49.2 Å². The van der Waals surface area contributed by atoms with Gasteiger partial charge in [0.2, 0.25) is 0 Å². The minimum Gasteiger partial charge on any atom is -0.304 e. The van der Waals surface area contributed by atoms with Crippen LogP contribution in [0, 0.1) is 11.3 Å². The summed E-state index contributed by atoms with van der Waals surface area (Å²) >= 11 is 1.86. The van der Waals surface area contributed by atoms with Crippen molar-refractivity contribution < 1.29 is 0 Å². The predicted octanol–water partition coefficient (Wildman–Crippen LogP) is 4.13. The molecular weight excluding hydrogens is 350 g/mol. The van der Waals surface area contributed by atoms with Crippen LogP contribution in [-0.4, -0.2) is 49.6 Å². The molecule has 0 aromatic heterocycles. The summed E-state index contributed by atoms with van der Waals surface area (Å²) < 4.78 is 0. The van der Waals surface area contributed by atoms with E-state index in [0.717, 1.165) is 51.3 Å². The summed E-state index contributed by atoms with van der Waals surface area (Å²) in [6, 6.07) is 19.9. The number of thioether (sulfide) groups is 1. The first-order valence-electron chi connectivity index (χ1n) is 9.86. The molecule has 2 aromatic rings. The Morgan fingerprint density at radius 1 is 1.00 bits per heavy atom. The molecule has 2 aliphatic rings. The van der Waals surface area contributed by atoms with Crippen molar-refractivity contribution in [2.45, 2.75) is 28.9 Å². The molecule has 2 aliphatic heterocycles. The summed E-state index contributed by atoms with van der Waals surface area (Å²) in [6.45, 7) is 5.64. The van der Waals surface area contributed by atoms with E-state index >= 15 is 0 Å². The average Bonchev–Trinajstić information content (AvgIpc) is 2.85. The van der Waals surface area contributed by atoms with E-state index in [9.17, 15) is 5.26 Å². The molecule has 140 valence electrons. The van der Waals surface area contributed by atoms with Crippen molar-refractivity contribution in [1.29, 1.82) is 5.26 Å². The third kappa shape index (κ3) is 3.65. The maximum absolute atomic E-state index is 10.5. The Morgan fingerprint density at radius 2 is 1.70 bits per heavy atom. The number of hydrogen-bond acceptors (Lipinski definition) is 4. The fraction of sp³-hybridized carbons (Fsp3) is 0.435. The molecule has 0 N–H and O–H groups in total. The number of fused-ring (bicyclic) bond motifs is 2. The Labute approximate surface area is 167 Å². The Balaban J connectivity index is 1.63. The molecule has 0 spiro atoms. The predicted molar refractivity (Wildman–Crippen MR) is 112 cm³/mol. The topological polar surface area (TPSA) is 30.3 Å². The standard InChI is InChI=1S/C23H27N3S/c1-25-13-15-26(16-14-25)12-6-11-23(18-24)20-8-3-2-7-19(20)17-27-22-10-5-4-9-21(22)23/h2-5,7-10H,6,11-17H2,1H3. The van der Waals surface area contributed by atoms with Gasteiger partial charge in [-0.2, -0.15) is 5.26 Å². The van der Waals surface area contributed by atoms with Crippen LogP contribution in [0.4, 0.5) is 0 Å². The molecule has 3 nitrogen and oxygen atoms in total. The summed E-state index contributed by atoms with van der Waals surface area (Å²) in [5, 5.41) is 10.5. The third-order valence-corrected chi connectivity index (χ3v) is 7.14. The van der Waals surface area contributed by atoms with Gasteiger partial charge in [0.15, 0.2) is 0 Å². The Kier molecular flexibility index (Phi) is 5.54. The van der Waals surface area contributed by atoms with E-state index in [1.807, 2.05) is 11.8 Å². The van der Waals surface area contributed by atoms with Gasteiger partial charge < -0.3 is 9.80 Å². The molecule has 0 aliphatic carbocycles. The average molecular weight is 378 g/mol. The lowest BCUT2D eigenvalue weighted by Gasteiger charge is -2.34. The van der Waals surface area contributed by atoms with Crippen molar-refractivity contribution in [1.82, 2.24) is 9.80 Å². The molecule has 1 fully saturated rings. The van der Waals surface area contributed by atoms with Gasteiger partial charge in [-0.15, -0.1) is 11.8 Å². The SMILES string of the molecule is CN1CCN(CCCC2(C#N)c3ccccc3CSc3ccccc32)CC1. The molecule has 1 saturated heterocycles. The van der Waals surface area contributed by atoms with Crippen LogP contribution in [0.1, 0.15) is 29.5 Å². The molecule has 27 heavy (non-hydrogen) atoms. The van der Waals surface area contributed by atoms with Crippen LogP contribution in [0.2, 0.25) is 0 Å². The lowest BCUT2D eigenvalue weighted by molar-refractivity contribution is 0.151. The molecule has 1 unspecified atom stereocenters. The summed E-state index contributed by atoms with van der Waals surface area (Å²) in [7, 11) is 2.19. The molecule has 4 heteroatoms. The van der Waals surface area contributed by atoms with E-state index in [1.54, 1.807) is 0 Å². The number of rotatable bonds is 4. The zero-order chi connectivity index (χ0) is 18.7. The second-order valence-electron chi connectivity index (χ2n) is 7.71. The summed E-state index contributed by atoms with van der Waals surface area (Å²) in [4.78, 5) is 6.20. The van der Waals surface area contributed by atoms with Crippen molar-refractivity contribution in [2.24, 2.45) is 0 Å². The smallest absolute Gasteiger partial charge is 0.109 e. The largest absolute Gasteiger partial charge is 0.304 e. The highest BCUT2D eigenvalue weighted by molar-refractivity contribution is 7.98. The summed E-state index contributed by atoms with van der Waals surface area (Å²) in [5.41, 5.74) is 3.17. The second kappa shape index (κ2) is 8.06. The highest BCUT2D eigenvalue weighted by atomic mass is 32.2. The quantitative estimate of drug-likeness (QED) is 0.801. The molecule has 4 rings (SSSR count). The van der Waals surface area contributed by atoms with Crippen molar-refractivity contribution in [2.75, 3.05) is 39.8 Å². The van der Waals surface area contributed by atoms with Gasteiger partial charge in [-0.25, -0.2) is 0 Å². The maximum Gasteiger partial charge on any atom is 0.109 e. The van der Waals surface area contributed by atoms with Crippen molar-refractivity contribution in [3.63, 3.8) is 0 Å². The fourth-order valence-electron chi connectivity index (χ4n) is 4.39. The minimum absolute atomic E-state index is 0.538. The van der Waals surface area contributed by atoms with Crippen LogP contribution < -0.4 is 0 Å². The number of nitrogens with zero attached hydrogens (tertiary/aromatic N) is 3. The monoisotopic (exact) mass is 377 g/mol. The molecule has 0 radical (unpaired) electrons. The van der Waals surface area contributed by atoms with Crippen LogP contribution in [-0.2, 0) is 11.2 Å². The van der Waals surface area contributed by atoms with Crippen LogP contribution in [0.25, 0.3) is 0 Å². The number of hydrogen-bond donors (Lipinski definition) is 0. The van der Waals surface area contributed by atoms with Crippen molar-refractivity contribution >= 4 is 11.8 Å². The normalized spacial score (nSPS) is 23.1. The van der Waals surface area contributed by atoms with E-state index in [0.29, 0.717) is 0 Å². The lowest BCUT2D eigenvalue weighted by atomic mass is 9.71. The first-order valence-corrected chi connectivity index (χ1v) is 10.8. The molecule has 2 aromatic carbocycles. The van der Waals surface area contributed by atoms with Crippen molar-refractivity contribution in [3.8, 4) is 6.07 Å². The lowest BCUT2D eigenvalue weighted by Crippen LogP contribution is -2.45. The van der Waals surface area contributed by atoms with E-state index in [-0.39, 0.29) is 0 Å². The second-order valence-corrected chi connectivity index (χ2v) is 8.72. The third-order valence-electron chi connectivity index (χ3n) is 6.02. The van der Waals surface area contributed by atoms with Crippen molar-refractivity contribution in [3.05, 3.63) is 65.2 Å². The highest BCUT2D eigenvalue weighted by Gasteiger charge is 2.39. The van der Waals surface area contributed by atoms with Crippen LogP contribution in [0.3, 0.4) is 0 Å². The molecule has 1 atom stereocenters. The highest BCUT2D eigenvalue weighted by Crippen LogP contribution is 2.46. The van der Waals surface area contributed by atoms with Gasteiger partial charge >= 0.3 is 0 Å². The fourth-order valence-corrected chi connectivity index (χ4v) is 5.53. The van der Waals surface area contributed by atoms with Gasteiger partial charge in [-0.3, -0.25) is 0 Å². The minimum atomic E-state index is -0.538. The molecule has 0 amide bonds. The van der Waals surface area contributed by atoms with E-state index in [1.165, 1.54) is 21.6 Å². The first kappa shape index (κ1) is 18.6.